The molecule has 2 rings (SSSR count). The minimum Gasteiger partial charge on any atom is -0.399 e. The highest BCUT2D eigenvalue weighted by atomic mass is 79.9. The predicted molar refractivity (Wildman–Crippen MR) is 78.1 cm³/mol. The average molecular weight is 379 g/mol. The van der Waals surface area contributed by atoms with Crippen LogP contribution in [0, 0.1) is 10.1 Å². The van der Waals surface area contributed by atoms with Gasteiger partial charge in [0.15, 0.2) is 10.0 Å². The van der Waals surface area contributed by atoms with Crippen molar-refractivity contribution in [3.8, 4) is 0 Å². The van der Waals surface area contributed by atoms with Gasteiger partial charge in [-0.25, -0.2) is 13.4 Å². The molecular formula is C9H7BrN4O4S2. The Kier molecular flexibility index (Phi) is 3.92. The Hall–Kier alpha value is -1.72. The lowest BCUT2D eigenvalue weighted by atomic mass is 10.3. The Morgan fingerprint density at radius 2 is 2.15 bits per heavy atom. The molecule has 0 saturated carbocycles. The normalized spacial score (nSPS) is 11.2. The fraction of sp³-hybridized carbons (Fsp3) is 0. The largest absolute Gasteiger partial charge is 0.399 e. The maximum atomic E-state index is 12.1. The number of nitrogens with zero attached hydrogens (tertiary/aromatic N) is 2. The lowest BCUT2D eigenvalue weighted by molar-refractivity contribution is -0.387. The van der Waals surface area contributed by atoms with E-state index in [1.54, 1.807) is 0 Å². The molecular weight excluding hydrogens is 372 g/mol. The molecule has 3 N–H and O–H groups in total. The lowest BCUT2D eigenvalue weighted by Gasteiger charge is -2.06. The highest BCUT2D eigenvalue weighted by molar-refractivity contribution is 9.11. The van der Waals surface area contributed by atoms with Gasteiger partial charge in [-0.2, -0.15) is 0 Å². The summed E-state index contributed by atoms with van der Waals surface area (Å²) in [5.41, 5.74) is 4.94. The van der Waals surface area contributed by atoms with Crippen LogP contribution in [0.25, 0.3) is 0 Å². The number of sulfonamides is 1. The highest BCUT2D eigenvalue weighted by Crippen LogP contribution is 2.30. The third-order valence-electron chi connectivity index (χ3n) is 2.17. The molecule has 0 radical (unpaired) electrons. The zero-order valence-electron chi connectivity index (χ0n) is 9.61. The van der Waals surface area contributed by atoms with Gasteiger partial charge in [0, 0.05) is 11.8 Å². The molecule has 1 heterocycles. The molecule has 20 heavy (non-hydrogen) atoms. The van der Waals surface area contributed by atoms with Gasteiger partial charge in [-0.05, 0) is 28.1 Å². The average Bonchev–Trinajstić information content (AvgIpc) is 2.73. The van der Waals surface area contributed by atoms with Crippen LogP contribution in [0.4, 0.5) is 16.5 Å². The summed E-state index contributed by atoms with van der Waals surface area (Å²) in [5.74, 6) is 0. The number of nitro benzene ring substituents is 1. The fourth-order valence-corrected chi connectivity index (χ4v) is 3.88. The number of nitrogens with one attached hydrogen (secondary N) is 1. The minimum atomic E-state index is -4.11. The van der Waals surface area contributed by atoms with Crippen molar-refractivity contribution in [2.45, 2.75) is 4.90 Å². The Labute approximate surface area is 126 Å². The zero-order chi connectivity index (χ0) is 14.9. The van der Waals surface area contributed by atoms with Crippen molar-refractivity contribution >= 4 is 53.8 Å². The lowest BCUT2D eigenvalue weighted by Crippen LogP contribution is -2.14. The molecule has 0 saturated heterocycles. The standard InChI is InChI=1S/C9H7BrN4O4S2/c10-8-4-12-9(19-8)13-20(17,18)7-2-1-5(11)3-6(7)14(15)16/h1-4H,11H2,(H,12,13). The summed E-state index contributed by atoms with van der Waals surface area (Å²) < 4.78 is 27.1. The van der Waals surface area contributed by atoms with E-state index in [1.807, 2.05) is 0 Å². The Morgan fingerprint density at radius 1 is 1.45 bits per heavy atom. The second kappa shape index (κ2) is 5.34. The molecule has 0 bridgehead atoms. The molecule has 2 aromatic rings. The van der Waals surface area contributed by atoms with E-state index in [1.165, 1.54) is 12.3 Å². The Morgan fingerprint density at radius 3 is 2.70 bits per heavy atom. The first-order valence-corrected chi connectivity index (χ1v) is 8.07. The SMILES string of the molecule is Nc1ccc(S(=O)(=O)Nc2ncc(Br)s2)c([N+](=O)[O-])c1. The topological polar surface area (TPSA) is 128 Å². The smallest absolute Gasteiger partial charge is 0.291 e. The Balaban J connectivity index is 2.46. The van der Waals surface area contributed by atoms with Crippen molar-refractivity contribution in [1.82, 2.24) is 4.98 Å². The first-order chi connectivity index (χ1) is 9.29. The number of nitro groups is 1. The van der Waals surface area contributed by atoms with Crippen LogP contribution in [0.5, 0.6) is 0 Å². The summed E-state index contributed by atoms with van der Waals surface area (Å²) in [4.78, 5) is 13.4. The summed E-state index contributed by atoms with van der Waals surface area (Å²) in [6, 6.07) is 3.35. The molecule has 1 aromatic carbocycles. The summed E-state index contributed by atoms with van der Waals surface area (Å²) >= 11 is 4.19. The molecule has 0 aliphatic rings. The zero-order valence-corrected chi connectivity index (χ0v) is 12.8. The number of thiazole rings is 1. The maximum Gasteiger partial charge on any atom is 0.291 e. The number of hydrogen-bond acceptors (Lipinski definition) is 7. The number of benzene rings is 1. The number of nitrogen functional groups attached to an aromatic ring is 1. The third-order valence-corrected chi connectivity index (χ3v) is 5.08. The molecule has 0 aliphatic heterocycles. The van der Waals surface area contributed by atoms with Crippen molar-refractivity contribution in [3.63, 3.8) is 0 Å². The van der Waals surface area contributed by atoms with E-state index in [-0.39, 0.29) is 10.8 Å². The molecule has 11 heteroatoms. The number of anilines is 2. The van der Waals surface area contributed by atoms with Crippen molar-refractivity contribution < 1.29 is 13.3 Å². The second-order valence-corrected chi connectivity index (χ2v) is 7.62. The second-order valence-electron chi connectivity index (χ2n) is 3.56. The van der Waals surface area contributed by atoms with Gasteiger partial charge < -0.3 is 5.73 Å². The molecule has 0 aliphatic carbocycles. The van der Waals surface area contributed by atoms with E-state index in [9.17, 15) is 18.5 Å². The van der Waals surface area contributed by atoms with Crippen LogP contribution in [-0.2, 0) is 10.0 Å². The van der Waals surface area contributed by atoms with Crippen molar-refractivity contribution in [2.24, 2.45) is 0 Å². The van der Waals surface area contributed by atoms with Crippen LogP contribution in [-0.4, -0.2) is 18.3 Å². The third kappa shape index (κ3) is 3.05. The molecule has 0 fully saturated rings. The number of nitrogens with two attached hydrogens (primary N) is 1. The fourth-order valence-electron chi connectivity index (χ4n) is 1.38. The molecule has 0 unspecified atom stereocenters. The van der Waals surface area contributed by atoms with E-state index in [2.05, 4.69) is 25.6 Å². The number of hydrogen-bond donors (Lipinski definition) is 2. The van der Waals surface area contributed by atoms with Crippen LogP contribution in [0.15, 0.2) is 33.1 Å². The van der Waals surface area contributed by atoms with Gasteiger partial charge in [-0.15, -0.1) is 0 Å². The summed E-state index contributed by atoms with van der Waals surface area (Å²) in [6.07, 6.45) is 1.42. The minimum absolute atomic E-state index is 0.1000. The van der Waals surface area contributed by atoms with Crippen LogP contribution in [0.3, 0.4) is 0 Å². The van der Waals surface area contributed by atoms with Gasteiger partial charge in [0.25, 0.3) is 15.7 Å². The molecule has 0 spiro atoms. The van der Waals surface area contributed by atoms with Gasteiger partial charge in [-0.3, -0.25) is 14.8 Å². The van der Waals surface area contributed by atoms with Crippen LogP contribution in [0.2, 0.25) is 0 Å². The predicted octanol–water partition coefficient (Wildman–Crippen LogP) is 2.20. The monoisotopic (exact) mass is 378 g/mol. The number of rotatable bonds is 4. The van der Waals surface area contributed by atoms with Crippen molar-refractivity contribution in [2.75, 3.05) is 10.5 Å². The van der Waals surface area contributed by atoms with E-state index < -0.39 is 25.5 Å². The quantitative estimate of drug-likeness (QED) is 0.476. The summed E-state index contributed by atoms with van der Waals surface area (Å²) in [5, 5.41) is 11.0. The molecule has 0 amide bonds. The van der Waals surface area contributed by atoms with E-state index in [0.29, 0.717) is 3.79 Å². The van der Waals surface area contributed by atoms with Crippen molar-refractivity contribution in [3.05, 3.63) is 38.3 Å². The van der Waals surface area contributed by atoms with Gasteiger partial charge in [0.2, 0.25) is 0 Å². The van der Waals surface area contributed by atoms with E-state index >= 15 is 0 Å². The van der Waals surface area contributed by atoms with Gasteiger partial charge in [0.05, 0.1) is 14.9 Å². The van der Waals surface area contributed by atoms with Crippen LogP contribution >= 0.6 is 27.3 Å². The van der Waals surface area contributed by atoms with Crippen LogP contribution in [0.1, 0.15) is 0 Å². The molecule has 106 valence electrons. The summed E-state index contributed by atoms with van der Waals surface area (Å²) in [7, 11) is -4.11. The van der Waals surface area contributed by atoms with E-state index in [0.717, 1.165) is 23.5 Å². The Bertz CT molecular complexity index is 774. The van der Waals surface area contributed by atoms with Gasteiger partial charge >= 0.3 is 0 Å². The van der Waals surface area contributed by atoms with Crippen LogP contribution < -0.4 is 10.5 Å². The number of aromatic nitrogens is 1. The first kappa shape index (κ1) is 14.7. The van der Waals surface area contributed by atoms with Crippen molar-refractivity contribution in [1.29, 1.82) is 0 Å². The maximum absolute atomic E-state index is 12.1. The number of halogens is 1. The van der Waals surface area contributed by atoms with Gasteiger partial charge in [0.1, 0.15) is 0 Å². The van der Waals surface area contributed by atoms with Gasteiger partial charge in [-0.1, -0.05) is 11.3 Å². The summed E-state index contributed by atoms with van der Waals surface area (Å²) in [6.45, 7) is 0. The molecule has 1 aromatic heterocycles. The first-order valence-electron chi connectivity index (χ1n) is 4.97. The molecule has 8 nitrogen and oxygen atoms in total. The molecule has 0 atom stereocenters. The highest BCUT2D eigenvalue weighted by Gasteiger charge is 2.26. The van der Waals surface area contributed by atoms with E-state index in [4.69, 9.17) is 5.73 Å².